The van der Waals surface area contributed by atoms with Gasteiger partial charge >= 0.3 is 6.03 Å². The maximum Gasteiger partial charge on any atom is 0.484 e. The molecule has 0 spiro atoms. The number of quaternary nitrogens is 1. The summed E-state index contributed by atoms with van der Waals surface area (Å²) in [4.78, 5) is 15.0. The third-order valence-corrected chi connectivity index (χ3v) is 2.91. The molecule has 0 aromatic rings. The molecule has 0 aromatic heterocycles. The summed E-state index contributed by atoms with van der Waals surface area (Å²) in [6, 6.07) is -1.05. The van der Waals surface area contributed by atoms with Gasteiger partial charge in [-0.25, -0.2) is 4.79 Å². The number of hydrogen-bond acceptors (Lipinski definition) is 7. The molecule has 2 heterocycles. The topological polar surface area (TPSA) is 146 Å². The van der Waals surface area contributed by atoms with E-state index in [1.54, 1.807) is 0 Å². The van der Waals surface area contributed by atoms with E-state index in [-0.39, 0.29) is 5.84 Å². The molecule has 18 heavy (non-hydrogen) atoms. The van der Waals surface area contributed by atoms with Crippen LogP contribution in [0.25, 0.3) is 0 Å². The van der Waals surface area contributed by atoms with Crippen LogP contribution in [0.2, 0.25) is 0 Å². The minimum absolute atomic E-state index is 0.0884. The third-order valence-electron chi connectivity index (χ3n) is 2.91. The molecule has 0 saturated carbocycles. The predicted octanol–water partition coefficient (Wildman–Crippen LogP) is -2.36. The number of nitrogens with zero attached hydrogens (tertiary/aromatic N) is 2. The second-order valence-electron chi connectivity index (χ2n) is 4.10. The molecule has 0 aromatic carbocycles. The Bertz CT molecular complexity index is 425. The van der Waals surface area contributed by atoms with E-state index in [1.165, 1.54) is 6.08 Å². The number of aliphatic hydroxyl groups excluding tert-OH is 3. The number of aliphatic imine (C=N–C) groups is 1. The van der Waals surface area contributed by atoms with E-state index in [0.717, 1.165) is 6.20 Å². The van der Waals surface area contributed by atoms with Crippen molar-refractivity contribution in [2.75, 3.05) is 6.61 Å². The minimum atomic E-state index is -1.55. The van der Waals surface area contributed by atoms with Gasteiger partial charge in [0.25, 0.3) is 6.23 Å². The number of rotatable bonds is 2. The van der Waals surface area contributed by atoms with Gasteiger partial charge in [-0.1, -0.05) is 0 Å². The zero-order valence-corrected chi connectivity index (χ0v) is 9.25. The van der Waals surface area contributed by atoms with Crippen LogP contribution in [0.5, 0.6) is 0 Å². The summed E-state index contributed by atoms with van der Waals surface area (Å²) in [6.07, 6.45) is -3.35. The molecule has 9 heteroatoms. The summed E-state index contributed by atoms with van der Waals surface area (Å²) >= 11 is 0. The molecule has 6 N–H and O–H groups in total. The molecule has 2 rings (SSSR count). The Morgan fingerprint density at radius 1 is 1.44 bits per heavy atom. The van der Waals surface area contributed by atoms with Gasteiger partial charge in [0.2, 0.25) is 0 Å². The Balaban J connectivity index is 2.27. The SMILES string of the molecule is NC1=NC(=O)[N+](O)([C@@H]2O[C@H](CO)[C@@H](O)[C@H]2O)C=C1. The molecule has 1 saturated heterocycles. The number of nitrogens with two attached hydrogens (primary N) is 1. The average molecular weight is 260 g/mol. The summed E-state index contributed by atoms with van der Waals surface area (Å²) < 4.78 is 3.61. The second-order valence-corrected chi connectivity index (χ2v) is 4.10. The Labute approximate surface area is 102 Å². The summed E-state index contributed by atoms with van der Waals surface area (Å²) in [5.74, 6) is -0.0884. The van der Waals surface area contributed by atoms with Crippen LogP contribution in [0.3, 0.4) is 0 Å². The van der Waals surface area contributed by atoms with E-state index in [4.69, 9.17) is 15.6 Å². The molecule has 2 amide bonds. The lowest BCUT2D eigenvalue weighted by molar-refractivity contribution is -1.03. The quantitative estimate of drug-likeness (QED) is 0.275. The van der Waals surface area contributed by atoms with Crippen LogP contribution in [0.15, 0.2) is 17.3 Å². The van der Waals surface area contributed by atoms with Crippen LogP contribution < -0.4 is 5.73 Å². The minimum Gasteiger partial charge on any atom is -0.394 e. The molecule has 0 aliphatic carbocycles. The summed E-state index contributed by atoms with van der Waals surface area (Å²) in [5.41, 5.74) is 5.29. The van der Waals surface area contributed by atoms with Crippen LogP contribution in [0.4, 0.5) is 4.79 Å². The Morgan fingerprint density at radius 2 is 2.11 bits per heavy atom. The van der Waals surface area contributed by atoms with Gasteiger partial charge < -0.3 is 25.8 Å². The number of hydroxylamine groups is 3. The normalized spacial score (nSPS) is 44.2. The van der Waals surface area contributed by atoms with Crippen LogP contribution >= 0.6 is 0 Å². The van der Waals surface area contributed by atoms with Crippen molar-refractivity contribution in [3.8, 4) is 0 Å². The van der Waals surface area contributed by atoms with Gasteiger partial charge in [0.15, 0.2) is 6.10 Å². The highest BCUT2D eigenvalue weighted by Crippen LogP contribution is 2.30. The second kappa shape index (κ2) is 4.39. The van der Waals surface area contributed by atoms with E-state index in [1.807, 2.05) is 0 Å². The van der Waals surface area contributed by atoms with E-state index in [9.17, 15) is 20.2 Å². The van der Waals surface area contributed by atoms with E-state index in [0.29, 0.717) is 0 Å². The average Bonchev–Trinajstić information content (AvgIpc) is 2.62. The number of amides is 2. The smallest absolute Gasteiger partial charge is 0.394 e. The first-order valence-corrected chi connectivity index (χ1v) is 5.21. The van der Waals surface area contributed by atoms with Crippen molar-refractivity contribution in [1.82, 2.24) is 0 Å². The van der Waals surface area contributed by atoms with Crippen molar-refractivity contribution >= 4 is 11.9 Å². The van der Waals surface area contributed by atoms with Crippen LogP contribution in [0.1, 0.15) is 0 Å². The molecular formula is C9H14N3O6+. The highest BCUT2D eigenvalue weighted by Gasteiger charge is 2.58. The number of aliphatic hydroxyl groups is 3. The molecule has 9 nitrogen and oxygen atoms in total. The first-order chi connectivity index (χ1) is 8.40. The standard InChI is InChI=1S/C9H13N3O6/c10-5-1-2-12(17,9(16)11-5)8-7(15)6(14)4(3-13)18-8/h1-2,4,6-8,13-15,17H,3H2,(H-,10,11,16)/p+1/t4-,6-,7-,8-,12?/m1/s1. The molecule has 1 unspecified atom stereocenters. The lowest BCUT2D eigenvalue weighted by Gasteiger charge is -2.29. The number of amidine groups is 1. The van der Waals surface area contributed by atoms with Gasteiger partial charge in [0.1, 0.15) is 24.2 Å². The van der Waals surface area contributed by atoms with Crippen LogP contribution in [-0.2, 0) is 4.74 Å². The van der Waals surface area contributed by atoms with E-state index >= 15 is 0 Å². The molecule has 0 radical (unpaired) electrons. The molecular weight excluding hydrogens is 246 g/mol. The van der Waals surface area contributed by atoms with E-state index < -0.39 is 41.8 Å². The maximum atomic E-state index is 11.6. The van der Waals surface area contributed by atoms with Crippen molar-refractivity contribution in [1.29, 1.82) is 0 Å². The van der Waals surface area contributed by atoms with Crippen molar-refractivity contribution in [2.45, 2.75) is 24.5 Å². The molecule has 2 aliphatic rings. The zero-order chi connectivity index (χ0) is 13.5. The van der Waals surface area contributed by atoms with Gasteiger partial charge in [0, 0.05) is 6.08 Å². The highest BCUT2D eigenvalue weighted by molar-refractivity contribution is 5.99. The monoisotopic (exact) mass is 260 g/mol. The number of carbonyl (C=O) groups is 1. The maximum absolute atomic E-state index is 11.6. The molecule has 5 atom stereocenters. The summed E-state index contributed by atoms with van der Waals surface area (Å²) in [7, 11) is 0. The number of urea groups is 1. The van der Waals surface area contributed by atoms with Gasteiger partial charge in [-0.2, -0.15) is 5.21 Å². The van der Waals surface area contributed by atoms with Crippen molar-refractivity contribution in [3.05, 3.63) is 12.3 Å². The fraction of sp³-hybridized carbons (Fsp3) is 0.556. The number of hydrogen-bond donors (Lipinski definition) is 5. The Kier molecular flexibility index (Phi) is 3.19. The van der Waals surface area contributed by atoms with Gasteiger partial charge in [-0.3, -0.25) is 0 Å². The number of ether oxygens (including phenoxy) is 1. The first-order valence-electron chi connectivity index (χ1n) is 5.21. The summed E-state index contributed by atoms with van der Waals surface area (Å²) in [6.45, 7) is -0.558. The van der Waals surface area contributed by atoms with Gasteiger partial charge in [-0.05, 0) is 4.65 Å². The Morgan fingerprint density at radius 3 is 2.61 bits per heavy atom. The predicted molar refractivity (Wildman–Crippen MR) is 56.0 cm³/mol. The zero-order valence-electron chi connectivity index (χ0n) is 9.25. The van der Waals surface area contributed by atoms with Crippen molar-refractivity contribution in [2.24, 2.45) is 10.7 Å². The fourth-order valence-corrected chi connectivity index (χ4v) is 1.88. The lowest BCUT2D eigenvalue weighted by atomic mass is 10.1. The van der Waals surface area contributed by atoms with Crippen molar-refractivity contribution < 1.29 is 34.7 Å². The molecule has 0 bridgehead atoms. The van der Waals surface area contributed by atoms with Crippen LogP contribution in [-0.4, -0.2) is 68.2 Å². The summed E-state index contributed by atoms with van der Waals surface area (Å²) in [5, 5.41) is 38.3. The van der Waals surface area contributed by atoms with E-state index in [2.05, 4.69) is 4.99 Å². The van der Waals surface area contributed by atoms with Crippen LogP contribution in [0, 0.1) is 0 Å². The van der Waals surface area contributed by atoms with Gasteiger partial charge in [-0.15, -0.1) is 4.99 Å². The lowest BCUT2D eigenvalue weighted by Crippen LogP contribution is -2.58. The first kappa shape index (κ1) is 13.1. The third kappa shape index (κ3) is 1.82. The molecule has 100 valence electrons. The molecule has 2 aliphatic heterocycles. The fourth-order valence-electron chi connectivity index (χ4n) is 1.88. The van der Waals surface area contributed by atoms with Gasteiger partial charge in [0.05, 0.1) is 6.61 Å². The molecule has 1 fully saturated rings. The Hall–Kier alpha value is -1.36. The van der Waals surface area contributed by atoms with Crippen molar-refractivity contribution in [3.63, 3.8) is 0 Å². The highest BCUT2D eigenvalue weighted by atomic mass is 16.7. The largest absolute Gasteiger partial charge is 0.484 e. The number of carbonyl (C=O) groups excluding carboxylic acids is 1.